The first-order valence-corrected chi connectivity index (χ1v) is 7.29. The number of nitrogens with two attached hydrogens (primary N) is 2. The van der Waals surface area contributed by atoms with E-state index < -0.39 is 11.3 Å². The minimum Gasteiger partial charge on any atom is -0.399 e. The molecule has 1 aliphatic carbocycles. The second-order valence-corrected chi connectivity index (χ2v) is 6.25. The second kappa shape index (κ2) is 5.76. The number of nitrogens with zero attached hydrogens (tertiary/aromatic N) is 1. The van der Waals surface area contributed by atoms with Crippen molar-refractivity contribution in [3.05, 3.63) is 29.8 Å². The van der Waals surface area contributed by atoms with Crippen molar-refractivity contribution in [1.29, 1.82) is 0 Å². The molecule has 21 heavy (non-hydrogen) atoms. The molecule has 0 saturated heterocycles. The van der Waals surface area contributed by atoms with Gasteiger partial charge in [0, 0.05) is 12.2 Å². The lowest BCUT2D eigenvalue weighted by Crippen LogP contribution is -2.45. The number of primary amides is 1. The Hall–Kier alpha value is -2.04. The van der Waals surface area contributed by atoms with E-state index in [1.165, 1.54) is 0 Å². The van der Waals surface area contributed by atoms with Crippen molar-refractivity contribution in [3.8, 4) is 0 Å². The lowest BCUT2D eigenvalue weighted by molar-refractivity contribution is -0.138. The fourth-order valence-corrected chi connectivity index (χ4v) is 2.70. The summed E-state index contributed by atoms with van der Waals surface area (Å²) in [6, 6.07) is 7.42. The predicted octanol–water partition coefficient (Wildman–Crippen LogP) is 1.27. The number of carbonyl (C=O) groups excluding carboxylic acids is 2. The lowest BCUT2D eigenvalue weighted by atomic mass is 9.93. The molecule has 0 aliphatic heterocycles. The number of carbonyl (C=O) groups is 2. The molecule has 1 saturated carbocycles. The zero-order valence-corrected chi connectivity index (χ0v) is 12.6. The molecule has 0 bridgehead atoms. The second-order valence-electron chi connectivity index (χ2n) is 6.25. The summed E-state index contributed by atoms with van der Waals surface area (Å²) in [5, 5.41) is 0. The molecule has 0 atom stereocenters. The number of nitrogen functional groups attached to an aromatic ring is 1. The van der Waals surface area contributed by atoms with Gasteiger partial charge in [0.15, 0.2) is 0 Å². The van der Waals surface area contributed by atoms with Gasteiger partial charge < -0.3 is 16.4 Å². The van der Waals surface area contributed by atoms with Crippen LogP contribution < -0.4 is 11.5 Å². The van der Waals surface area contributed by atoms with Crippen LogP contribution in [0.15, 0.2) is 24.3 Å². The Kier molecular flexibility index (Phi) is 4.21. The zero-order chi connectivity index (χ0) is 15.6. The van der Waals surface area contributed by atoms with Crippen molar-refractivity contribution >= 4 is 17.5 Å². The van der Waals surface area contributed by atoms with Crippen molar-refractivity contribution in [1.82, 2.24) is 4.90 Å². The van der Waals surface area contributed by atoms with Gasteiger partial charge in [0.05, 0.1) is 12.0 Å². The standard InChI is InChI=1S/C16H23N3O2/c1-11(2)9-19(10-14(18)20)15(21)16(7-8-16)12-3-5-13(17)6-4-12/h3-6,11H,7-10,17H2,1-2H3,(H2,18,20). The molecule has 0 heterocycles. The molecular weight excluding hydrogens is 266 g/mol. The molecule has 1 fully saturated rings. The zero-order valence-electron chi connectivity index (χ0n) is 12.6. The van der Waals surface area contributed by atoms with Crippen LogP contribution in [0.2, 0.25) is 0 Å². The van der Waals surface area contributed by atoms with Crippen LogP contribution in [0.1, 0.15) is 32.3 Å². The summed E-state index contributed by atoms with van der Waals surface area (Å²) >= 11 is 0. The van der Waals surface area contributed by atoms with E-state index in [1.54, 1.807) is 4.90 Å². The Bertz CT molecular complexity index is 533. The van der Waals surface area contributed by atoms with Gasteiger partial charge in [-0.25, -0.2) is 0 Å². The molecule has 2 rings (SSSR count). The monoisotopic (exact) mass is 289 g/mol. The highest BCUT2D eigenvalue weighted by Gasteiger charge is 2.53. The molecule has 0 aromatic heterocycles. The van der Waals surface area contributed by atoms with Gasteiger partial charge in [0.25, 0.3) is 0 Å². The van der Waals surface area contributed by atoms with Crippen LogP contribution in [0.5, 0.6) is 0 Å². The molecule has 1 aromatic carbocycles. The Balaban J connectivity index is 2.22. The highest BCUT2D eigenvalue weighted by Crippen LogP contribution is 2.49. The maximum atomic E-state index is 12.9. The molecule has 4 N–H and O–H groups in total. The molecule has 0 radical (unpaired) electrons. The molecule has 1 aromatic rings. The summed E-state index contributed by atoms with van der Waals surface area (Å²) in [5.41, 5.74) is 12.1. The highest BCUT2D eigenvalue weighted by molar-refractivity contribution is 5.93. The number of rotatable bonds is 6. The van der Waals surface area contributed by atoms with Gasteiger partial charge in [-0.2, -0.15) is 0 Å². The van der Waals surface area contributed by atoms with Crippen LogP contribution in [0.3, 0.4) is 0 Å². The van der Waals surface area contributed by atoms with E-state index in [1.807, 2.05) is 38.1 Å². The summed E-state index contributed by atoms with van der Waals surface area (Å²) in [4.78, 5) is 25.7. The summed E-state index contributed by atoms with van der Waals surface area (Å²) in [5.74, 6) is -0.188. The molecule has 5 nitrogen and oxygen atoms in total. The molecular formula is C16H23N3O2. The van der Waals surface area contributed by atoms with E-state index >= 15 is 0 Å². The van der Waals surface area contributed by atoms with Crippen LogP contribution in [0, 0.1) is 5.92 Å². The summed E-state index contributed by atoms with van der Waals surface area (Å²) in [6.07, 6.45) is 1.62. The van der Waals surface area contributed by atoms with Gasteiger partial charge in [-0.3, -0.25) is 9.59 Å². The topological polar surface area (TPSA) is 89.4 Å². The number of anilines is 1. The third-order valence-corrected chi connectivity index (χ3v) is 3.84. The first-order chi connectivity index (χ1) is 9.85. The average molecular weight is 289 g/mol. The van der Waals surface area contributed by atoms with E-state index in [4.69, 9.17) is 11.5 Å². The fraction of sp³-hybridized carbons (Fsp3) is 0.500. The van der Waals surface area contributed by atoms with Gasteiger partial charge in [0.1, 0.15) is 0 Å². The summed E-state index contributed by atoms with van der Waals surface area (Å²) in [7, 11) is 0. The van der Waals surface area contributed by atoms with Crippen molar-refractivity contribution in [2.45, 2.75) is 32.1 Å². The van der Waals surface area contributed by atoms with E-state index in [-0.39, 0.29) is 18.4 Å². The molecule has 1 aliphatic rings. The number of benzene rings is 1. The SMILES string of the molecule is CC(C)CN(CC(N)=O)C(=O)C1(c2ccc(N)cc2)CC1. The molecule has 114 valence electrons. The Morgan fingerprint density at radius 3 is 2.24 bits per heavy atom. The van der Waals surface area contributed by atoms with Gasteiger partial charge in [-0.1, -0.05) is 26.0 Å². The largest absolute Gasteiger partial charge is 0.399 e. The Labute approximate surface area is 125 Å². The van der Waals surface area contributed by atoms with Gasteiger partial charge in [-0.15, -0.1) is 0 Å². The van der Waals surface area contributed by atoms with Gasteiger partial charge in [0.2, 0.25) is 11.8 Å². The quantitative estimate of drug-likeness (QED) is 0.773. The third kappa shape index (κ3) is 3.35. The minimum absolute atomic E-state index is 0.000212. The predicted molar refractivity (Wildman–Crippen MR) is 82.4 cm³/mol. The average Bonchev–Trinajstić information content (AvgIpc) is 3.18. The van der Waals surface area contributed by atoms with E-state index in [9.17, 15) is 9.59 Å². The van der Waals surface area contributed by atoms with E-state index in [0.29, 0.717) is 12.2 Å². The summed E-state index contributed by atoms with van der Waals surface area (Å²) < 4.78 is 0. The van der Waals surface area contributed by atoms with Crippen molar-refractivity contribution in [2.75, 3.05) is 18.8 Å². The molecule has 0 spiro atoms. The van der Waals surface area contributed by atoms with Gasteiger partial charge in [-0.05, 0) is 36.5 Å². The Morgan fingerprint density at radius 2 is 1.81 bits per heavy atom. The van der Waals surface area contributed by atoms with E-state index in [0.717, 1.165) is 18.4 Å². The molecule has 5 heteroatoms. The van der Waals surface area contributed by atoms with Crippen LogP contribution >= 0.6 is 0 Å². The van der Waals surface area contributed by atoms with Crippen LogP contribution in [-0.2, 0) is 15.0 Å². The normalized spacial score (nSPS) is 15.8. The van der Waals surface area contributed by atoms with E-state index in [2.05, 4.69) is 0 Å². The van der Waals surface area contributed by atoms with Crippen LogP contribution in [-0.4, -0.2) is 29.8 Å². The van der Waals surface area contributed by atoms with Gasteiger partial charge >= 0.3 is 0 Å². The maximum Gasteiger partial charge on any atom is 0.237 e. The van der Waals surface area contributed by atoms with Crippen LogP contribution in [0.25, 0.3) is 0 Å². The van der Waals surface area contributed by atoms with Crippen molar-refractivity contribution < 1.29 is 9.59 Å². The molecule has 0 unspecified atom stereocenters. The summed E-state index contributed by atoms with van der Waals surface area (Å²) in [6.45, 7) is 4.56. The first-order valence-electron chi connectivity index (χ1n) is 7.29. The Morgan fingerprint density at radius 1 is 1.24 bits per heavy atom. The smallest absolute Gasteiger partial charge is 0.237 e. The number of amides is 2. The molecule has 2 amide bonds. The lowest BCUT2D eigenvalue weighted by Gasteiger charge is -2.28. The van der Waals surface area contributed by atoms with Crippen LogP contribution in [0.4, 0.5) is 5.69 Å². The maximum absolute atomic E-state index is 12.9. The first kappa shape index (κ1) is 15.4. The third-order valence-electron chi connectivity index (χ3n) is 3.84. The number of hydrogen-bond donors (Lipinski definition) is 2. The van der Waals surface area contributed by atoms with Crippen molar-refractivity contribution in [2.24, 2.45) is 11.7 Å². The fourth-order valence-electron chi connectivity index (χ4n) is 2.70. The highest BCUT2D eigenvalue weighted by atomic mass is 16.2. The minimum atomic E-state index is -0.488. The number of hydrogen-bond acceptors (Lipinski definition) is 3. The van der Waals surface area contributed by atoms with Crippen molar-refractivity contribution in [3.63, 3.8) is 0 Å².